The summed E-state index contributed by atoms with van der Waals surface area (Å²) in [6.45, 7) is 2.13. The topological polar surface area (TPSA) is 62.2 Å². The summed E-state index contributed by atoms with van der Waals surface area (Å²) in [5.74, 6) is -0.203. The van der Waals surface area contributed by atoms with E-state index in [-0.39, 0.29) is 12.5 Å². The smallest absolute Gasteiger partial charge is 0.251 e. The number of aromatic nitrogens is 1. The molecule has 0 saturated heterocycles. The van der Waals surface area contributed by atoms with Crippen LogP contribution in [0.5, 0.6) is 0 Å². The number of nitrogens with one attached hydrogen (secondary N) is 1. The van der Waals surface area contributed by atoms with Crippen LogP contribution in [0.15, 0.2) is 22.9 Å². The number of amides is 1. The Kier molecular flexibility index (Phi) is 4.71. The fourth-order valence-electron chi connectivity index (χ4n) is 1.00. The van der Waals surface area contributed by atoms with E-state index in [1.165, 1.54) is 0 Å². The number of rotatable bonds is 4. The van der Waals surface area contributed by atoms with Crippen molar-refractivity contribution in [1.82, 2.24) is 10.3 Å². The van der Waals surface area contributed by atoms with Crippen molar-refractivity contribution in [3.8, 4) is 0 Å². The van der Waals surface area contributed by atoms with Crippen molar-refractivity contribution >= 4 is 21.8 Å². The van der Waals surface area contributed by atoms with Crippen LogP contribution in [0.1, 0.15) is 23.7 Å². The highest BCUT2D eigenvalue weighted by molar-refractivity contribution is 9.10. The summed E-state index contributed by atoms with van der Waals surface area (Å²) in [7, 11) is 0. The van der Waals surface area contributed by atoms with Crippen molar-refractivity contribution in [2.24, 2.45) is 0 Å². The van der Waals surface area contributed by atoms with Crippen molar-refractivity contribution in [1.29, 1.82) is 0 Å². The van der Waals surface area contributed by atoms with Gasteiger partial charge in [0, 0.05) is 18.3 Å². The van der Waals surface area contributed by atoms with E-state index in [2.05, 4.69) is 26.2 Å². The molecule has 0 spiro atoms. The molecule has 1 amide bonds. The molecule has 1 unspecified atom stereocenters. The first kappa shape index (κ1) is 12.1. The van der Waals surface area contributed by atoms with Crippen LogP contribution in [0.2, 0.25) is 0 Å². The quantitative estimate of drug-likeness (QED) is 0.814. The molecule has 0 bridgehead atoms. The molecule has 15 heavy (non-hydrogen) atoms. The van der Waals surface area contributed by atoms with E-state index < -0.39 is 6.10 Å². The maximum Gasteiger partial charge on any atom is 0.251 e. The fraction of sp³-hybridized carbons (Fsp3) is 0.400. The van der Waals surface area contributed by atoms with Crippen LogP contribution in [-0.2, 0) is 0 Å². The highest BCUT2D eigenvalue weighted by atomic mass is 79.9. The predicted octanol–water partition coefficient (Wildman–Crippen LogP) is 1.34. The van der Waals surface area contributed by atoms with E-state index in [0.29, 0.717) is 16.6 Å². The molecule has 1 aromatic heterocycles. The Balaban J connectivity index is 2.54. The zero-order valence-electron chi connectivity index (χ0n) is 8.40. The van der Waals surface area contributed by atoms with E-state index >= 15 is 0 Å². The molecule has 4 nitrogen and oxygen atoms in total. The first-order chi connectivity index (χ1) is 7.13. The fourth-order valence-corrected chi connectivity index (χ4v) is 1.37. The summed E-state index contributed by atoms with van der Waals surface area (Å²) in [5.41, 5.74) is 0.528. The lowest BCUT2D eigenvalue weighted by Gasteiger charge is -2.09. The molecule has 1 rings (SSSR count). The Hall–Kier alpha value is -0.940. The molecule has 0 aliphatic rings. The second-order valence-electron chi connectivity index (χ2n) is 3.14. The molecule has 0 aliphatic carbocycles. The van der Waals surface area contributed by atoms with Crippen LogP contribution in [0, 0.1) is 0 Å². The van der Waals surface area contributed by atoms with Crippen LogP contribution in [0.25, 0.3) is 0 Å². The number of hydrogen-bond donors (Lipinski definition) is 2. The number of hydrogen-bond acceptors (Lipinski definition) is 3. The number of aliphatic hydroxyl groups is 1. The lowest BCUT2D eigenvalue weighted by Crippen LogP contribution is -2.31. The van der Waals surface area contributed by atoms with Crippen molar-refractivity contribution in [2.45, 2.75) is 19.4 Å². The first-order valence-electron chi connectivity index (χ1n) is 4.71. The number of nitrogens with zero attached hydrogens (tertiary/aromatic N) is 1. The van der Waals surface area contributed by atoms with Crippen molar-refractivity contribution in [2.75, 3.05) is 6.54 Å². The van der Waals surface area contributed by atoms with Crippen molar-refractivity contribution < 1.29 is 9.90 Å². The second-order valence-corrected chi connectivity index (χ2v) is 3.95. The predicted molar refractivity (Wildman–Crippen MR) is 60.6 cm³/mol. The van der Waals surface area contributed by atoms with E-state index in [1.807, 2.05) is 6.92 Å². The molecule has 0 aliphatic heterocycles. The van der Waals surface area contributed by atoms with Crippen LogP contribution in [-0.4, -0.2) is 28.6 Å². The van der Waals surface area contributed by atoms with E-state index in [9.17, 15) is 9.90 Å². The molecule has 0 fully saturated rings. The average Bonchev–Trinajstić information content (AvgIpc) is 2.25. The summed E-state index contributed by atoms with van der Waals surface area (Å²) in [5, 5.41) is 11.9. The molecule has 1 atom stereocenters. The van der Waals surface area contributed by atoms with Gasteiger partial charge in [-0.05, 0) is 34.5 Å². The van der Waals surface area contributed by atoms with Gasteiger partial charge in [0.25, 0.3) is 5.91 Å². The van der Waals surface area contributed by atoms with E-state index in [0.717, 1.165) is 0 Å². The first-order valence-corrected chi connectivity index (χ1v) is 5.50. The molecule has 1 heterocycles. The van der Waals surface area contributed by atoms with Gasteiger partial charge in [-0.1, -0.05) is 6.92 Å². The van der Waals surface area contributed by atoms with E-state index in [1.54, 1.807) is 18.3 Å². The van der Waals surface area contributed by atoms with Crippen LogP contribution < -0.4 is 5.32 Å². The van der Waals surface area contributed by atoms with Gasteiger partial charge in [-0.2, -0.15) is 0 Å². The number of aliphatic hydroxyl groups excluding tert-OH is 1. The Bertz CT molecular complexity index is 344. The maximum atomic E-state index is 11.5. The van der Waals surface area contributed by atoms with Gasteiger partial charge in [0.05, 0.1) is 6.10 Å². The van der Waals surface area contributed by atoms with Crippen molar-refractivity contribution in [3.05, 3.63) is 28.5 Å². The monoisotopic (exact) mass is 272 g/mol. The maximum absolute atomic E-state index is 11.5. The Morgan fingerprint density at radius 2 is 2.47 bits per heavy atom. The van der Waals surface area contributed by atoms with Gasteiger partial charge in [0.2, 0.25) is 0 Å². The third-order valence-corrected chi connectivity index (χ3v) is 2.39. The summed E-state index contributed by atoms with van der Waals surface area (Å²) in [6.07, 6.45) is 1.69. The molecule has 2 N–H and O–H groups in total. The van der Waals surface area contributed by atoms with Gasteiger partial charge in [-0.15, -0.1) is 0 Å². The summed E-state index contributed by atoms with van der Waals surface area (Å²) in [4.78, 5) is 15.5. The Morgan fingerprint density at radius 1 is 1.73 bits per heavy atom. The lowest BCUT2D eigenvalue weighted by molar-refractivity contribution is 0.0913. The molecule has 82 valence electrons. The van der Waals surface area contributed by atoms with Gasteiger partial charge in [-0.3, -0.25) is 4.79 Å². The highest BCUT2D eigenvalue weighted by Crippen LogP contribution is 2.07. The summed E-state index contributed by atoms with van der Waals surface area (Å²) >= 11 is 3.18. The number of halogens is 1. The summed E-state index contributed by atoms with van der Waals surface area (Å²) in [6, 6.07) is 3.26. The van der Waals surface area contributed by atoms with Gasteiger partial charge in [0.1, 0.15) is 4.60 Å². The third kappa shape index (κ3) is 3.97. The number of carbonyl (C=O) groups is 1. The number of carbonyl (C=O) groups excluding carboxylic acids is 1. The minimum Gasteiger partial charge on any atom is -0.391 e. The van der Waals surface area contributed by atoms with Gasteiger partial charge in [-0.25, -0.2) is 4.98 Å². The minimum absolute atomic E-state index is 0.203. The second kappa shape index (κ2) is 5.82. The SMILES string of the molecule is CCC(O)CNC(=O)c1ccnc(Br)c1. The van der Waals surface area contributed by atoms with Gasteiger partial charge < -0.3 is 10.4 Å². The van der Waals surface area contributed by atoms with Crippen molar-refractivity contribution in [3.63, 3.8) is 0 Å². The molecular formula is C10H13BrN2O2. The molecule has 1 aromatic rings. The lowest BCUT2D eigenvalue weighted by atomic mass is 10.2. The molecular weight excluding hydrogens is 260 g/mol. The molecule has 0 radical (unpaired) electrons. The van der Waals surface area contributed by atoms with Gasteiger partial charge in [0.15, 0.2) is 0 Å². The third-order valence-electron chi connectivity index (χ3n) is 1.96. The normalized spacial score (nSPS) is 12.2. The minimum atomic E-state index is -0.487. The molecule has 5 heteroatoms. The van der Waals surface area contributed by atoms with Gasteiger partial charge >= 0.3 is 0 Å². The van der Waals surface area contributed by atoms with Crippen LogP contribution in [0.3, 0.4) is 0 Å². The average molecular weight is 273 g/mol. The Labute approximate surface area is 96.8 Å². The summed E-state index contributed by atoms with van der Waals surface area (Å²) < 4.78 is 0.617. The zero-order valence-corrected chi connectivity index (χ0v) is 9.99. The van der Waals surface area contributed by atoms with Crippen LogP contribution >= 0.6 is 15.9 Å². The van der Waals surface area contributed by atoms with E-state index in [4.69, 9.17) is 0 Å². The Morgan fingerprint density at radius 3 is 3.07 bits per heavy atom. The standard InChI is InChI=1S/C10H13BrN2O2/c1-2-8(14)6-13-10(15)7-3-4-12-9(11)5-7/h3-5,8,14H,2,6H2,1H3,(H,13,15). The largest absolute Gasteiger partial charge is 0.391 e. The highest BCUT2D eigenvalue weighted by Gasteiger charge is 2.07. The molecule has 0 aromatic carbocycles. The number of pyridine rings is 1. The molecule has 0 saturated carbocycles. The van der Waals surface area contributed by atoms with Crippen LogP contribution in [0.4, 0.5) is 0 Å². The zero-order chi connectivity index (χ0) is 11.3.